The molecule has 0 amide bonds. The molecule has 8 heteroatoms. The van der Waals surface area contributed by atoms with E-state index in [9.17, 15) is 14.4 Å². The molecule has 0 aliphatic carbocycles. The first-order chi connectivity index (χ1) is 10.0. The predicted molar refractivity (Wildman–Crippen MR) is 76.1 cm³/mol. The molecule has 1 N–H and O–H groups in total. The molecule has 21 heavy (non-hydrogen) atoms. The molecule has 0 aliphatic heterocycles. The molecular weight excluding hydrogens is 274 g/mol. The van der Waals surface area contributed by atoms with Crippen LogP contribution in [0.25, 0.3) is 22.3 Å². The number of nitrogens with zero attached hydrogens (tertiary/aromatic N) is 4. The summed E-state index contributed by atoms with van der Waals surface area (Å²) >= 11 is 0. The first kappa shape index (κ1) is 13.0. The van der Waals surface area contributed by atoms with E-state index in [4.69, 9.17) is 0 Å². The molecule has 0 aliphatic rings. The molecule has 0 spiro atoms. The van der Waals surface area contributed by atoms with Crippen LogP contribution in [0.5, 0.6) is 0 Å². The first-order valence-corrected chi connectivity index (χ1v) is 6.11. The number of H-pyrrole nitrogens is 1. The zero-order valence-corrected chi connectivity index (χ0v) is 11.3. The Morgan fingerprint density at radius 1 is 1.05 bits per heavy atom. The maximum atomic E-state index is 12.4. The van der Waals surface area contributed by atoms with Crippen molar-refractivity contribution in [3.8, 4) is 11.3 Å². The van der Waals surface area contributed by atoms with Gasteiger partial charge in [0.25, 0.3) is 5.56 Å². The number of aromatic amines is 1. The van der Waals surface area contributed by atoms with E-state index in [2.05, 4.69) is 15.0 Å². The van der Waals surface area contributed by atoms with E-state index in [-0.39, 0.29) is 11.0 Å². The molecule has 0 saturated carbocycles. The van der Waals surface area contributed by atoms with Crippen LogP contribution in [-0.4, -0.2) is 24.1 Å². The van der Waals surface area contributed by atoms with Gasteiger partial charge in [-0.3, -0.25) is 18.9 Å². The Morgan fingerprint density at radius 3 is 2.38 bits per heavy atom. The van der Waals surface area contributed by atoms with E-state index in [1.807, 2.05) is 0 Å². The van der Waals surface area contributed by atoms with Crippen molar-refractivity contribution in [3.63, 3.8) is 0 Å². The van der Waals surface area contributed by atoms with Gasteiger partial charge in [-0.15, -0.1) is 0 Å². The molecule has 106 valence electrons. The summed E-state index contributed by atoms with van der Waals surface area (Å²) in [6.07, 6.45) is 3.10. The maximum Gasteiger partial charge on any atom is 0.347 e. The van der Waals surface area contributed by atoms with Crippen molar-refractivity contribution in [1.29, 1.82) is 0 Å². The Hall–Kier alpha value is -3.03. The van der Waals surface area contributed by atoms with Crippen LogP contribution in [0, 0.1) is 0 Å². The minimum Gasteiger partial charge on any atom is -0.304 e. The van der Waals surface area contributed by atoms with Crippen molar-refractivity contribution in [2.24, 2.45) is 14.1 Å². The molecule has 8 nitrogen and oxygen atoms in total. The zero-order valence-electron chi connectivity index (χ0n) is 11.3. The van der Waals surface area contributed by atoms with Crippen LogP contribution in [0.2, 0.25) is 0 Å². The van der Waals surface area contributed by atoms with E-state index in [1.54, 1.807) is 24.5 Å². The van der Waals surface area contributed by atoms with E-state index in [0.29, 0.717) is 11.3 Å². The molecule has 3 aromatic rings. The quantitative estimate of drug-likeness (QED) is 0.642. The van der Waals surface area contributed by atoms with E-state index < -0.39 is 16.9 Å². The van der Waals surface area contributed by atoms with Crippen molar-refractivity contribution in [1.82, 2.24) is 24.1 Å². The summed E-state index contributed by atoms with van der Waals surface area (Å²) in [5.74, 6) is 0. The summed E-state index contributed by atoms with van der Waals surface area (Å²) in [5.41, 5.74) is -0.681. The second-order valence-electron chi connectivity index (χ2n) is 4.56. The minimum absolute atomic E-state index is 0.0543. The number of hydrogen-bond acceptors (Lipinski definition) is 5. The number of aromatic nitrogens is 5. The van der Waals surface area contributed by atoms with Gasteiger partial charge in [0.15, 0.2) is 5.65 Å². The highest BCUT2D eigenvalue weighted by Crippen LogP contribution is 2.19. The van der Waals surface area contributed by atoms with Gasteiger partial charge >= 0.3 is 11.4 Å². The smallest absolute Gasteiger partial charge is 0.304 e. The second-order valence-corrected chi connectivity index (χ2v) is 4.56. The average Bonchev–Trinajstić information content (AvgIpc) is 2.51. The summed E-state index contributed by atoms with van der Waals surface area (Å²) < 4.78 is 2.16. The Bertz CT molecular complexity index is 1010. The largest absolute Gasteiger partial charge is 0.347 e. The Balaban J connectivity index is 2.62. The van der Waals surface area contributed by atoms with E-state index in [0.717, 1.165) is 4.57 Å². The van der Waals surface area contributed by atoms with Crippen LogP contribution in [0.3, 0.4) is 0 Å². The summed E-state index contributed by atoms with van der Waals surface area (Å²) in [6.45, 7) is 0. The Morgan fingerprint density at radius 2 is 1.71 bits per heavy atom. The highest BCUT2D eigenvalue weighted by molar-refractivity contribution is 5.89. The van der Waals surface area contributed by atoms with Crippen molar-refractivity contribution in [2.45, 2.75) is 0 Å². The third kappa shape index (κ3) is 1.88. The molecule has 0 bridgehead atoms. The molecule has 0 unspecified atom stereocenters. The highest BCUT2D eigenvalue weighted by atomic mass is 16.2. The topological polar surface area (TPSA) is 103 Å². The van der Waals surface area contributed by atoms with Gasteiger partial charge in [-0.1, -0.05) is 0 Å². The molecule has 3 rings (SSSR count). The lowest BCUT2D eigenvalue weighted by atomic mass is 10.1. The van der Waals surface area contributed by atoms with Gasteiger partial charge in [-0.25, -0.2) is 9.59 Å². The van der Waals surface area contributed by atoms with Crippen LogP contribution in [0.15, 0.2) is 38.9 Å². The van der Waals surface area contributed by atoms with Gasteiger partial charge in [0.1, 0.15) is 5.39 Å². The van der Waals surface area contributed by atoms with Crippen molar-refractivity contribution < 1.29 is 0 Å². The number of pyridine rings is 1. The van der Waals surface area contributed by atoms with E-state index >= 15 is 0 Å². The van der Waals surface area contributed by atoms with Crippen LogP contribution < -0.4 is 16.9 Å². The fourth-order valence-corrected chi connectivity index (χ4v) is 2.21. The summed E-state index contributed by atoms with van der Waals surface area (Å²) in [6, 6.07) is 3.32. The molecule has 0 aromatic carbocycles. The van der Waals surface area contributed by atoms with Gasteiger partial charge in [0, 0.05) is 32.1 Å². The molecule has 3 aromatic heterocycles. The number of nitrogens with one attached hydrogen (secondary N) is 1. The molecule has 0 saturated heterocycles. The minimum atomic E-state index is -0.627. The number of rotatable bonds is 1. The van der Waals surface area contributed by atoms with Crippen LogP contribution in [-0.2, 0) is 14.1 Å². The van der Waals surface area contributed by atoms with Gasteiger partial charge < -0.3 is 4.98 Å². The third-order valence-corrected chi connectivity index (χ3v) is 3.29. The van der Waals surface area contributed by atoms with Crippen molar-refractivity contribution >= 4 is 11.0 Å². The molecule has 3 heterocycles. The third-order valence-electron chi connectivity index (χ3n) is 3.29. The van der Waals surface area contributed by atoms with Gasteiger partial charge in [0.2, 0.25) is 0 Å². The standard InChI is InChI=1S/C13H11N5O3/c1-17-10-8(11(19)18(2)13(17)21)9(15-12(20)16-10)7-3-5-14-6-4-7/h3-6H,1-2H3,(H,15,16,20). The van der Waals surface area contributed by atoms with Crippen LogP contribution in [0.1, 0.15) is 0 Å². The average molecular weight is 285 g/mol. The lowest BCUT2D eigenvalue weighted by molar-refractivity contribution is 0.705. The molecule has 0 radical (unpaired) electrons. The first-order valence-electron chi connectivity index (χ1n) is 6.11. The summed E-state index contributed by atoms with van der Waals surface area (Å²) in [5, 5.41) is 0.186. The number of fused-ring (bicyclic) bond motifs is 1. The Kier molecular flexibility index (Phi) is 2.79. The summed E-state index contributed by atoms with van der Waals surface area (Å²) in [4.78, 5) is 46.2. The highest BCUT2D eigenvalue weighted by Gasteiger charge is 2.16. The lowest BCUT2D eigenvalue weighted by Crippen LogP contribution is -2.38. The van der Waals surface area contributed by atoms with Crippen LogP contribution >= 0.6 is 0 Å². The van der Waals surface area contributed by atoms with Crippen LogP contribution in [0.4, 0.5) is 0 Å². The molecule has 0 atom stereocenters. The van der Waals surface area contributed by atoms with Crippen molar-refractivity contribution in [3.05, 3.63) is 55.8 Å². The van der Waals surface area contributed by atoms with Crippen molar-refractivity contribution in [2.75, 3.05) is 0 Å². The zero-order chi connectivity index (χ0) is 15.1. The molecule has 0 fully saturated rings. The fourth-order valence-electron chi connectivity index (χ4n) is 2.21. The monoisotopic (exact) mass is 285 g/mol. The number of hydrogen-bond donors (Lipinski definition) is 1. The second kappa shape index (κ2) is 4.51. The van der Waals surface area contributed by atoms with Gasteiger partial charge in [0.05, 0.1) is 5.69 Å². The van der Waals surface area contributed by atoms with E-state index in [1.165, 1.54) is 18.7 Å². The fraction of sp³-hybridized carbons (Fsp3) is 0.154. The summed E-state index contributed by atoms with van der Waals surface area (Å²) in [7, 11) is 2.85. The van der Waals surface area contributed by atoms with Gasteiger partial charge in [-0.05, 0) is 12.1 Å². The molecular formula is C13H11N5O3. The maximum absolute atomic E-state index is 12.4. The Labute approximate surface area is 117 Å². The van der Waals surface area contributed by atoms with Gasteiger partial charge in [-0.2, -0.15) is 4.98 Å². The lowest BCUT2D eigenvalue weighted by Gasteiger charge is -2.09. The predicted octanol–water partition coefficient (Wildman–Crippen LogP) is -0.618. The normalized spacial score (nSPS) is 11.0. The SMILES string of the molecule is Cn1c(=O)c2c(-c3ccncc3)[nH]c(=O)nc2n(C)c1=O. The number of aryl methyl sites for hydroxylation is 1.